The molecule has 0 bridgehead atoms. The average molecular weight is 191 g/mol. The van der Waals surface area contributed by atoms with Gasteiger partial charge in [0.2, 0.25) is 0 Å². The van der Waals surface area contributed by atoms with Crippen LogP contribution in [0.25, 0.3) is 0 Å². The number of carbonyl (C=O) groups excluding carboxylic acids is 1. The third-order valence-corrected chi connectivity index (χ3v) is 1.54. The summed E-state index contributed by atoms with van der Waals surface area (Å²) >= 11 is 0. The van der Waals surface area contributed by atoms with Gasteiger partial charge in [0, 0.05) is 6.20 Å². The summed E-state index contributed by atoms with van der Waals surface area (Å²) in [6, 6.07) is 2.87. The van der Waals surface area contributed by atoms with E-state index in [0.29, 0.717) is 17.0 Å². The van der Waals surface area contributed by atoms with Gasteiger partial charge in [-0.25, -0.2) is 10.2 Å². The van der Waals surface area contributed by atoms with Crippen LogP contribution < -0.4 is 11.2 Å². The quantitative estimate of drug-likeness (QED) is 0.461. The van der Waals surface area contributed by atoms with Crippen LogP contribution >= 0.6 is 0 Å². The molecule has 0 aromatic carbocycles. The van der Waals surface area contributed by atoms with Crippen LogP contribution in [0.2, 0.25) is 0 Å². The molecule has 14 heavy (non-hydrogen) atoms. The summed E-state index contributed by atoms with van der Waals surface area (Å²) in [6.07, 6.45) is 1.55. The summed E-state index contributed by atoms with van der Waals surface area (Å²) in [4.78, 5) is 13.2. The van der Waals surface area contributed by atoms with E-state index in [1.165, 1.54) is 0 Å². The highest BCUT2D eigenvalue weighted by Gasteiger charge is 2.01. The second-order valence-corrected chi connectivity index (χ2v) is 2.59. The zero-order valence-electron chi connectivity index (χ0n) is 7.53. The molecule has 0 saturated carbocycles. The number of nitriles is 1. The minimum atomic E-state index is -0.726. The van der Waals surface area contributed by atoms with Crippen molar-refractivity contribution in [1.29, 1.82) is 5.26 Å². The number of hydrogen-bond acceptors (Lipinski definition) is 3. The molecule has 0 aliphatic rings. The van der Waals surface area contributed by atoms with Crippen LogP contribution in [-0.4, -0.2) is 16.7 Å². The lowest BCUT2D eigenvalue weighted by Crippen LogP contribution is -2.25. The normalized spacial score (nSPS) is 10.7. The van der Waals surface area contributed by atoms with Crippen molar-refractivity contribution in [2.24, 2.45) is 10.8 Å². The number of H-pyrrole nitrogens is 1. The summed E-state index contributed by atoms with van der Waals surface area (Å²) in [5.74, 6) is 0. The Bertz CT molecular complexity index is 412. The van der Waals surface area contributed by atoms with E-state index in [9.17, 15) is 4.79 Å². The number of nitrogens with two attached hydrogens (primary N) is 1. The Kier molecular flexibility index (Phi) is 2.86. The van der Waals surface area contributed by atoms with E-state index >= 15 is 0 Å². The number of primary amides is 1. The fourth-order valence-electron chi connectivity index (χ4n) is 0.867. The maximum Gasteiger partial charge on any atom is 0.332 e. The van der Waals surface area contributed by atoms with Crippen molar-refractivity contribution >= 4 is 11.7 Å². The number of amides is 2. The Morgan fingerprint density at radius 2 is 2.50 bits per heavy atom. The Hall–Kier alpha value is -2.29. The molecule has 0 unspecified atom stereocenters. The van der Waals surface area contributed by atoms with Crippen LogP contribution in [0.1, 0.15) is 18.2 Å². The summed E-state index contributed by atoms with van der Waals surface area (Å²) < 4.78 is 0. The van der Waals surface area contributed by atoms with Crippen molar-refractivity contribution in [3.05, 3.63) is 23.5 Å². The lowest BCUT2D eigenvalue weighted by molar-refractivity contribution is 0.249. The van der Waals surface area contributed by atoms with Crippen LogP contribution in [0.3, 0.4) is 0 Å². The van der Waals surface area contributed by atoms with Crippen molar-refractivity contribution in [2.45, 2.75) is 6.92 Å². The fraction of sp³-hybridized carbons (Fsp3) is 0.125. The third-order valence-electron chi connectivity index (χ3n) is 1.54. The van der Waals surface area contributed by atoms with Gasteiger partial charge in [-0.05, 0) is 13.0 Å². The van der Waals surface area contributed by atoms with Gasteiger partial charge in [-0.2, -0.15) is 10.4 Å². The van der Waals surface area contributed by atoms with E-state index in [1.807, 2.05) is 6.07 Å². The number of hydrogen-bond donors (Lipinski definition) is 3. The van der Waals surface area contributed by atoms with E-state index in [2.05, 4.69) is 15.5 Å². The summed E-state index contributed by atoms with van der Waals surface area (Å²) in [5.41, 5.74) is 8.64. The highest BCUT2D eigenvalue weighted by molar-refractivity contribution is 5.97. The molecule has 1 aromatic heterocycles. The molecule has 0 radical (unpaired) electrons. The van der Waals surface area contributed by atoms with Crippen molar-refractivity contribution in [1.82, 2.24) is 10.4 Å². The molecular weight excluding hydrogens is 182 g/mol. The molecule has 0 saturated heterocycles. The Balaban J connectivity index is 2.79. The predicted octanol–water partition coefficient (Wildman–Crippen LogP) is 0.279. The zero-order valence-corrected chi connectivity index (χ0v) is 7.53. The zero-order chi connectivity index (χ0) is 10.6. The number of rotatable bonds is 2. The number of nitrogens with zero attached hydrogens (tertiary/aromatic N) is 2. The highest BCUT2D eigenvalue weighted by atomic mass is 16.2. The number of aromatic amines is 1. The molecule has 0 aliphatic carbocycles. The lowest BCUT2D eigenvalue weighted by atomic mass is 10.3. The largest absolute Gasteiger partial charge is 0.359 e. The van der Waals surface area contributed by atoms with Crippen molar-refractivity contribution in [2.75, 3.05) is 0 Å². The van der Waals surface area contributed by atoms with Crippen LogP contribution in [0.15, 0.2) is 17.4 Å². The molecule has 0 spiro atoms. The third kappa shape index (κ3) is 2.35. The van der Waals surface area contributed by atoms with Gasteiger partial charge < -0.3 is 10.7 Å². The first-order valence-corrected chi connectivity index (χ1v) is 3.82. The van der Waals surface area contributed by atoms with Gasteiger partial charge in [-0.3, -0.25) is 0 Å². The molecular formula is C8H9N5O. The second-order valence-electron chi connectivity index (χ2n) is 2.59. The van der Waals surface area contributed by atoms with Crippen molar-refractivity contribution < 1.29 is 4.79 Å². The van der Waals surface area contributed by atoms with Gasteiger partial charge in [0.1, 0.15) is 6.07 Å². The number of aromatic nitrogens is 1. The molecule has 1 aromatic rings. The van der Waals surface area contributed by atoms with E-state index in [4.69, 9.17) is 11.0 Å². The van der Waals surface area contributed by atoms with Crippen molar-refractivity contribution in [3.63, 3.8) is 0 Å². The smallest absolute Gasteiger partial charge is 0.332 e. The minimum absolute atomic E-state index is 0.508. The average Bonchev–Trinajstić information content (AvgIpc) is 2.62. The molecule has 1 rings (SSSR count). The topological polar surface area (TPSA) is 107 Å². The Labute approximate surface area is 80.4 Å². The van der Waals surface area contributed by atoms with E-state index < -0.39 is 6.03 Å². The molecule has 6 nitrogen and oxygen atoms in total. The van der Waals surface area contributed by atoms with Crippen molar-refractivity contribution in [3.8, 4) is 6.07 Å². The van der Waals surface area contributed by atoms with Gasteiger partial charge in [0.25, 0.3) is 0 Å². The summed E-state index contributed by atoms with van der Waals surface area (Å²) in [7, 11) is 0. The Morgan fingerprint density at radius 3 is 3.00 bits per heavy atom. The summed E-state index contributed by atoms with van der Waals surface area (Å²) in [5, 5.41) is 12.2. The lowest BCUT2D eigenvalue weighted by Gasteiger charge is -1.96. The van der Waals surface area contributed by atoms with E-state index in [-0.39, 0.29) is 0 Å². The highest BCUT2D eigenvalue weighted by Crippen LogP contribution is 2.02. The standard InChI is InChI=1S/C8H9N5O/c1-5(12-13-8(10)14)7-2-6(3-9)4-11-7/h2,4,11H,1H3,(H3,10,13,14)/b12-5-. The Morgan fingerprint density at radius 1 is 1.79 bits per heavy atom. The predicted molar refractivity (Wildman–Crippen MR) is 50.4 cm³/mol. The van der Waals surface area contributed by atoms with E-state index in [1.54, 1.807) is 19.2 Å². The number of carbonyl (C=O) groups is 1. The fourth-order valence-corrected chi connectivity index (χ4v) is 0.867. The van der Waals surface area contributed by atoms with Crippen LogP contribution in [-0.2, 0) is 0 Å². The number of urea groups is 1. The van der Waals surface area contributed by atoms with Gasteiger partial charge in [-0.15, -0.1) is 0 Å². The SMILES string of the molecule is C/C(=N/NC(N)=O)c1cc(C#N)c[nH]1. The van der Waals surface area contributed by atoms with Gasteiger partial charge >= 0.3 is 6.03 Å². The van der Waals surface area contributed by atoms with Gasteiger partial charge in [0.15, 0.2) is 0 Å². The molecule has 6 heteroatoms. The molecule has 1 heterocycles. The first-order chi connectivity index (χ1) is 6.63. The van der Waals surface area contributed by atoms with Crippen LogP contribution in [0.5, 0.6) is 0 Å². The maximum absolute atomic E-state index is 10.3. The molecule has 0 fully saturated rings. The molecule has 0 aliphatic heterocycles. The molecule has 0 atom stereocenters. The summed E-state index contributed by atoms with van der Waals surface area (Å²) in [6.45, 7) is 1.68. The maximum atomic E-state index is 10.3. The van der Waals surface area contributed by atoms with Crippen LogP contribution in [0, 0.1) is 11.3 Å². The number of hydrazone groups is 1. The first-order valence-electron chi connectivity index (χ1n) is 3.82. The molecule has 4 N–H and O–H groups in total. The molecule has 2 amide bonds. The van der Waals surface area contributed by atoms with Gasteiger partial charge in [0.05, 0.1) is 17.0 Å². The molecule has 72 valence electrons. The van der Waals surface area contributed by atoms with Gasteiger partial charge in [-0.1, -0.05) is 0 Å². The minimum Gasteiger partial charge on any atom is -0.359 e. The second kappa shape index (κ2) is 4.09. The first kappa shape index (κ1) is 9.80. The van der Waals surface area contributed by atoms with E-state index in [0.717, 1.165) is 0 Å². The number of nitrogens with one attached hydrogen (secondary N) is 2. The monoisotopic (exact) mass is 191 g/mol. The van der Waals surface area contributed by atoms with Crippen LogP contribution in [0.4, 0.5) is 4.79 Å².